The van der Waals surface area contributed by atoms with E-state index in [1.54, 1.807) is 0 Å². The largest absolute Gasteiger partial charge is 0.292 e. The van der Waals surface area contributed by atoms with E-state index in [0.29, 0.717) is 0 Å². The Bertz CT molecular complexity index is 491. The number of rotatable bonds is 7. The van der Waals surface area contributed by atoms with Crippen LogP contribution in [0.1, 0.15) is 45.1 Å². The molecule has 0 spiro atoms. The molecule has 0 N–H and O–H groups in total. The summed E-state index contributed by atoms with van der Waals surface area (Å²) in [5, 5.41) is 0. The summed E-state index contributed by atoms with van der Waals surface area (Å²) in [5.74, 6) is 9.46. The van der Waals surface area contributed by atoms with Gasteiger partial charge < -0.3 is 0 Å². The number of hydrogen-bond donors (Lipinski definition) is 0. The van der Waals surface area contributed by atoms with Crippen LogP contribution < -0.4 is 0 Å². The van der Waals surface area contributed by atoms with Gasteiger partial charge in [-0.15, -0.1) is 23.5 Å². The van der Waals surface area contributed by atoms with Gasteiger partial charge >= 0.3 is 0 Å². The van der Waals surface area contributed by atoms with Gasteiger partial charge in [-0.3, -0.25) is 4.90 Å². The molecule has 0 saturated carbocycles. The lowest BCUT2D eigenvalue weighted by molar-refractivity contribution is 0.308. The standard InChI is InChI=1S/C20H29NS2/c1-3-14-21(15-4-2)16-9-8-13-20(22-17-10-18-23-20)19-11-6-5-7-12-19/h5-7,11-12H,3-4,10,13-18H2,1-2H3. The van der Waals surface area contributed by atoms with E-state index >= 15 is 0 Å². The van der Waals surface area contributed by atoms with Gasteiger partial charge in [0.15, 0.2) is 0 Å². The molecule has 0 bridgehead atoms. The first-order valence-electron chi connectivity index (χ1n) is 8.82. The topological polar surface area (TPSA) is 3.24 Å². The van der Waals surface area contributed by atoms with E-state index in [1.807, 2.05) is 0 Å². The fraction of sp³-hybridized carbons (Fsp3) is 0.600. The van der Waals surface area contributed by atoms with Gasteiger partial charge in [-0.1, -0.05) is 56.0 Å². The van der Waals surface area contributed by atoms with Crippen LogP contribution in [0.5, 0.6) is 0 Å². The van der Waals surface area contributed by atoms with E-state index in [9.17, 15) is 0 Å². The third kappa shape index (κ3) is 5.78. The van der Waals surface area contributed by atoms with Gasteiger partial charge in [0.05, 0.1) is 10.6 Å². The van der Waals surface area contributed by atoms with Crippen LogP contribution >= 0.6 is 23.5 Å². The third-order valence-electron chi connectivity index (χ3n) is 4.00. The number of thioether (sulfide) groups is 2. The van der Waals surface area contributed by atoms with Gasteiger partial charge in [0.1, 0.15) is 0 Å². The molecule has 1 aliphatic rings. The van der Waals surface area contributed by atoms with Crippen LogP contribution in [0.2, 0.25) is 0 Å². The van der Waals surface area contributed by atoms with E-state index in [2.05, 4.69) is 84.4 Å². The lowest BCUT2D eigenvalue weighted by Gasteiger charge is -2.35. The van der Waals surface area contributed by atoms with Crippen molar-refractivity contribution in [3.8, 4) is 11.8 Å². The van der Waals surface area contributed by atoms with Crippen molar-refractivity contribution in [3.63, 3.8) is 0 Å². The molecular formula is C20H29NS2. The average Bonchev–Trinajstić information content (AvgIpc) is 2.61. The minimum Gasteiger partial charge on any atom is -0.292 e. The van der Waals surface area contributed by atoms with E-state index in [1.165, 1.54) is 36.3 Å². The predicted octanol–water partition coefficient (Wildman–Crippen LogP) is 5.23. The molecule has 1 heterocycles. The zero-order valence-electron chi connectivity index (χ0n) is 14.5. The van der Waals surface area contributed by atoms with Crippen LogP contribution in [0.4, 0.5) is 0 Å². The van der Waals surface area contributed by atoms with Crippen LogP contribution in [-0.2, 0) is 4.08 Å². The molecule has 1 aromatic carbocycles. The number of hydrogen-bond acceptors (Lipinski definition) is 3. The summed E-state index contributed by atoms with van der Waals surface area (Å²) >= 11 is 4.18. The van der Waals surface area contributed by atoms with Crippen molar-refractivity contribution in [2.24, 2.45) is 0 Å². The molecule has 0 aromatic heterocycles. The fourth-order valence-corrected chi connectivity index (χ4v) is 6.09. The van der Waals surface area contributed by atoms with Crippen molar-refractivity contribution in [1.82, 2.24) is 4.90 Å². The van der Waals surface area contributed by atoms with Crippen molar-refractivity contribution in [3.05, 3.63) is 35.9 Å². The second kappa shape index (κ2) is 10.3. The molecular weight excluding hydrogens is 318 g/mol. The van der Waals surface area contributed by atoms with E-state index in [-0.39, 0.29) is 4.08 Å². The first-order chi connectivity index (χ1) is 11.3. The highest BCUT2D eigenvalue weighted by molar-refractivity contribution is 8.18. The van der Waals surface area contributed by atoms with Gasteiger partial charge in [0.2, 0.25) is 0 Å². The molecule has 1 aromatic rings. The Morgan fingerprint density at radius 2 is 1.65 bits per heavy atom. The second-order valence-electron chi connectivity index (χ2n) is 5.98. The minimum absolute atomic E-state index is 0.146. The Kier molecular flexibility index (Phi) is 8.44. The molecule has 1 fully saturated rings. The van der Waals surface area contributed by atoms with Crippen LogP contribution in [0, 0.1) is 11.8 Å². The Morgan fingerprint density at radius 3 is 2.26 bits per heavy atom. The Labute approximate surface area is 151 Å². The minimum atomic E-state index is 0.146. The van der Waals surface area contributed by atoms with Crippen molar-refractivity contribution in [2.45, 2.75) is 43.6 Å². The highest BCUT2D eigenvalue weighted by Crippen LogP contribution is 2.52. The summed E-state index contributed by atoms with van der Waals surface area (Å²) in [7, 11) is 0. The van der Waals surface area contributed by atoms with E-state index < -0.39 is 0 Å². The number of nitrogens with zero attached hydrogens (tertiary/aromatic N) is 1. The van der Waals surface area contributed by atoms with Gasteiger partial charge in [-0.05, 0) is 49.4 Å². The zero-order valence-corrected chi connectivity index (χ0v) is 16.1. The summed E-state index contributed by atoms with van der Waals surface area (Å²) in [4.78, 5) is 2.48. The Balaban J connectivity index is 2.01. The molecule has 0 radical (unpaired) electrons. The molecule has 3 heteroatoms. The first-order valence-corrected chi connectivity index (χ1v) is 10.8. The maximum absolute atomic E-state index is 3.51. The highest BCUT2D eigenvalue weighted by Gasteiger charge is 2.34. The molecule has 2 rings (SSSR count). The average molecular weight is 348 g/mol. The SMILES string of the molecule is CCCN(CC#CCC1(c2ccccc2)SCCCS1)CCC. The summed E-state index contributed by atoms with van der Waals surface area (Å²) in [6.45, 7) is 7.74. The van der Waals surface area contributed by atoms with Crippen LogP contribution in [0.3, 0.4) is 0 Å². The Hall–Kier alpha value is -0.560. The lowest BCUT2D eigenvalue weighted by Crippen LogP contribution is -2.26. The third-order valence-corrected chi connectivity index (χ3v) is 7.39. The highest BCUT2D eigenvalue weighted by atomic mass is 32.2. The molecule has 126 valence electrons. The van der Waals surface area contributed by atoms with E-state index in [4.69, 9.17) is 0 Å². The molecule has 0 atom stereocenters. The summed E-state index contributed by atoms with van der Waals surface area (Å²) < 4.78 is 0.146. The molecule has 1 saturated heterocycles. The van der Waals surface area contributed by atoms with Crippen LogP contribution in [0.15, 0.2) is 30.3 Å². The van der Waals surface area contributed by atoms with Crippen LogP contribution in [-0.4, -0.2) is 36.0 Å². The zero-order chi connectivity index (χ0) is 16.4. The summed E-state index contributed by atoms with van der Waals surface area (Å²) in [6.07, 6.45) is 4.69. The number of benzene rings is 1. The second-order valence-corrected chi connectivity index (χ2v) is 9.02. The molecule has 23 heavy (non-hydrogen) atoms. The quantitative estimate of drug-likeness (QED) is 0.622. The van der Waals surface area contributed by atoms with Gasteiger partial charge in [-0.2, -0.15) is 0 Å². The molecule has 0 amide bonds. The van der Waals surface area contributed by atoms with Crippen molar-refractivity contribution >= 4 is 23.5 Å². The first kappa shape index (κ1) is 18.8. The predicted molar refractivity (Wildman–Crippen MR) is 107 cm³/mol. The maximum Gasteiger partial charge on any atom is 0.0968 e. The summed E-state index contributed by atoms with van der Waals surface area (Å²) in [5.41, 5.74) is 1.43. The van der Waals surface area contributed by atoms with Crippen molar-refractivity contribution < 1.29 is 0 Å². The van der Waals surface area contributed by atoms with Crippen molar-refractivity contribution in [2.75, 3.05) is 31.1 Å². The monoisotopic (exact) mass is 347 g/mol. The normalized spacial score (nSPS) is 16.8. The van der Waals surface area contributed by atoms with E-state index in [0.717, 1.165) is 26.1 Å². The smallest absolute Gasteiger partial charge is 0.0968 e. The van der Waals surface area contributed by atoms with Gasteiger partial charge in [0, 0.05) is 6.42 Å². The Morgan fingerprint density at radius 1 is 1.00 bits per heavy atom. The molecule has 0 aliphatic carbocycles. The maximum atomic E-state index is 3.51. The molecule has 1 aliphatic heterocycles. The van der Waals surface area contributed by atoms with Crippen LogP contribution in [0.25, 0.3) is 0 Å². The lowest BCUT2D eigenvalue weighted by atomic mass is 10.1. The van der Waals surface area contributed by atoms with Gasteiger partial charge in [-0.25, -0.2) is 0 Å². The summed E-state index contributed by atoms with van der Waals surface area (Å²) in [6, 6.07) is 11.0. The fourth-order valence-electron chi connectivity index (χ4n) is 2.89. The van der Waals surface area contributed by atoms with Gasteiger partial charge in [0.25, 0.3) is 0 Å². The van der Waals surface area contributed by atoms with Crippen molar-refractivity contribution in [1.29, 1.82) is 0 Å². The molecule has 0 unspecified atom stereocenters. The molecule has 1 nitrogen and oxygen atoms in total.